The predicted octanol–water partition coefficient (Wildman–Crippen LogP) is 6.58. The molecular formula is C37H35N7O5. The number of hydrogen-bond donors (Lipinski definition) is 1. The standard InChI is InChI=1S/C37H35N7O5/c1-47-35-20-27-15-17-41(24-29(27)21-36(35)48-2)37(18-26-8-4-3-5-9-26)43-39-25-42(40-43)30-11-6-10-28(19-30)33-22-31(13-14-34(33)44(45)46)49-32-12-7-16-38-23-32/h3-14,16,19-23,25,37,40H,15,17-18,24H2,1-2H3. The molecule has 0 bridgehead atoms. The van der Waals surface area contributed by atoms with E-state index >= 15 is 0 Å². The molecule has 1 atom stereocenters. The van der Waals surface area contributed by atoms with Gasteiger partial charge in [0.2, 0.25) is 0 Å². The van der Waals surface area contributed by atoms with Crippen molar-refractivity contribution in [1.29, 1.82) is 0 Å². The number of nitrogens with zero attached hydrogens (tertiary/aromatic N) is 6. The second kappa shape index (κ2) is 14.0. The quantitative estimate of drug-likeness (QED) is 0.123. The number of hydrogen-bond acceptors (Lipinski definition) is 11. The molecule has 12 heteroatoms. The largest absolute Gasteiger partial charge is 0.493 e. The Morgan fingerprint density at radius 1 is 0.898 bits per heavy atom. The van der Waals surface area contributed by atoms with Crippen molar-refractivity contribution < 1.29 is 19.1 Å². The number of benzene rings is 4. The number of fused-ring (bicyclic) bond motifs is 1. The van der Waals surface area contributed by atoms with Crippen molar-refractivity contribution in [3.63, 3.8) is 0 Å². The minimum absolute atomic E-state index is 0.0251. The molecule has 0 saturated carbocycles. The number of nitro groups is 1. The fraction of sp³-hybridized carbons (Fsp3) is 0.189. The molecule has 0 spiro atoms. The van der Waals surface area contributed by atoms with Crippen LogP contribution < -0.4 is 24.8 Å². The van der Waals surface area contributed by atoms with Crippen LogP contribution in [0.5, 0.6) is 23.0 Å². The molecule has 0 aliphatic carbocycles. The number of nitrogens with one attached hydrogen (secondary N) is 1. The molecular weight excluding hydrogens is 622 g/mol. The van der Waals surface area contributed by atoms with E-state index in [0.717, 1.165) is 30.8 Å². The summed E-state index contributed by atoms with van der Waals surface area (Å²) in [6, 6.07) is 30.3. The molecule has 1 aromatic heterocycles. The van der Waals surface area contributed by atoms with E-state index < -0.39 is 0 Å². The Morgan fingerprint density at radius 3 is 2.47 bits per heavy atom. The third kappa shape index (κ3) is 6.86. The van der Waals surface area contributed by atoms with Crippen LogP contribution in [0, 0.1) is 10.1 Å². The van der Waals surface area contributed by atoms with Gasteiger partial charge >= 0.3 is 0 Å². The normalized spacial score (nSPS) is 14.7. The highest BCUT2D eigenvalue weighted by Crippen LogP contribution is 2.37. The van der Waals surface area contributed by atoms with Gasteiger partial charge in [0.15, 0.2) is 11.5 Å². The molecule has 0 saturated heterocycles. The monoisotopic (exact) mass is 657 g/mol. The molecule has 0 radical (unpaired) electrons. The van der Waals surface area contributed by atoms with Crippen LogP contribution in [0.2, 0.25) is 0 Å². The number of methoxy groups -OCH3 is 2. The number of aromatic nitrogens is 1. The first-order chi connectivity index (χ1) is 24.0. The average molecular weight is 658 g/mol. The minimum Gasteiger partial charge on any atom is -0.493 e. The van der Waals surface area contributed by atoms with Gasteiger partial charge in [-0.1, -0.05) is 42.5 Å². The van der Waals surface area contributed by atoms with E-state index in [0.29, 0.717) is 34.9 Å². The zero-order chi connectivity index (χ0) is 33.7. The maximum atomic E-state index is 12.1. The summed E-state index contributed by atoms with van der Waals surface area (Å²) < 4.78 is 17.1. The van der Waals surface area contributed by atoms with Crippen LogP contribution in [-0.2, 0) is 19.4 Å². The minimum atomic E-state index is -0.385. The maximum absolute atomic E-state index is 12.1. The summed E-state index contributed by atoms with van der Waals surface area (Å²) in [5.41, 5.74) is 8.88. The summed E-state index contributed by atoms with van der Waals surface area (Å²) in [6.45, 7) is 1.53. The Morgan fingerprint density at radius 2 is 1.71 bits per heavy atom. The second-order valence-corrected chi connectivity index (χ2v) is 11.7. The third-order valence-electron chi connectivity index (χ3n) is 8.68. The van der Waals surface area contributed by atoms with Crippen LogP contribution in [0.1, 0.15) is 16.7 Å². The summed E-state index contributed by atoms with van der Waals surface area (Å²) in [5, 5.41) is 20.5. The Kier molecular flexibility index (Phi) is 9.04. The summed E-state index contributed by atoms with van der Waals surface area (Å²) in [5.74, 6) is 2.45. The Bertz CT molecular complexity index is 1980. The van der Waals surface area contributed by atoms with Crippen molar-refractivity contribution in [2.24, 2.45) is 5.10 Å². The van der Waals surface area contributed by atoms with Crippen molar-refractivity contribution in [2.45, 2.75) is 25.6 Å². The van der Waals surface area contributed by atoms with Gasteiger partial charge in [-0.05, 0) is 77.2 Å². The van der Waals surface area contributed by atoms with E-state index in [1.807, 2.05) is 52.6 Å². The number of ether oxygens (including phenoxy) is 3. The Balaban J connectivity index is 1.14. The van der Waals surface area contributed by atoms with Crippen LogP contribution >= 0.6 is 0 Å². The van der Waals surface area contributed by atoms with Crippen LogP contribution in [0.25, 0.3) is 11.1 Å². The molecule has 4 aromatic carbocycles. The first-order valence-electron chi connectivity index (χ1n) is 15.9. The van der Waals surface area contributed by atoms with Crippen molar-refractivity contribution in [3.8, 4) is 34.1 Å². The van der Waals surface area contributed by atoms with Gasteiger partial charge in [-0.15, -0.1) is 10.6 Å². The van der Waals surface area contributed by atoms with E-state index in [2.05, 4.69) is 39.7 Å². The molecule has 49 heavy (non-hydrogen) atoms. The molecule has 1 N–H and O–H groups in total. The highest BCUT2D eigenvalue weighted by molar-refractivity contribution is 5.83. The number of rotatable bonds is 11. The van der Waals surface area contributed by atoms with Gasteiger partial charge in [0.25, 0.3) is 5.69 Å². The lowest BCUT2D eigenvalue weighted by atomic mass is 9.97. The van der Waals surface area contributed by atoms with Crippen molar-refractivity contribution >= 4 is 17.7 Å². The van der Waals surface area contributed by atoms with Crippen molar-refractivity contribution in [1.82, 2.24) is 20.5 Å². The molecule has 248 valence electrons. The summed E-state index contributed by atoms with van der Waals surface area (Å²) >= 11 is 0. The van der Waals surface area contributed by atoms with Crippen molar-refractivity contribution in [3.05, 3.63) is 136 Å². The zero-order valence-electron chi connectivity index (χ0n) is 27.1. The average Bonchev–Trinajstić information content (AvgIpc) is 3.64. The number of hydrazone groups is 1. The smallest absolute Gasteiger partial charge is 0.277 e. The lowest BCUT2D eigenvalue weighted by molar-refractivity contribution is -0.384. The van der Waals surface area contributed by atoms with E-state index in [1.165, 1.54) is 22.8 Å². The third-order valence-corrected chi connectivity index (χ3v) is 8.68. The van der Waals surface area contributed by atoms with E-state index in [-0.39, 0.29) is 16.8 Å². The van der Waals surface area contributed by atoms with Gasteiger partial charge < -0.3 is 14.2 Å². The van der Waals surface area contributed by atoms with Gasteiger partial charge in [0.1, 0.15) is 24.0 Å². The molecule has 2 aliphatic rings. The SMILES string of the molecule is COc1cc2c(cc1OC)CN(C(Cc1ccccc1)N1N=CN(c3cccc(-c4cc(Oc5cccnc5)ccc4[N+](=O)[O-])c3)N1)CC2. The molecule has 3 heterocycles. The Hall–Kier alpha value is -5.98. The van der Waals surface area contributed by atoms with E-state index in [9.17, 15) is 10.1 Å². The summed E-state index contributed by atoms with van der Waals surface area (Å²) in [7, 11) is 3.31. The van der Waals surface area contributed by atoms with Gasteiger partial charge in [-0.2, -0.15) is 5.12 Å². The second-order valence-electron chi connectivity index (χ2n) is 11.7. The lowest BCUT2D eigenvalue weighted by Crippen LogP contribution is -2.55. The number of nitro benzene ring substituents is 1. The number of hydrazine groups is 2. The lowest BCUT2D eigenvalue weighted by Gasteiger charge is -2.39. The van der Waals surface area contributed by atoms with E-state index in [4.69, 9.17) is 19.3 Å². The predicted molar refractivity (Wildman–Crippen MR) is 186 cm³/mol. The maximum Gasteiger partial charge on any atom is 0.277 e. The molecule has 12 nitrogen and oxygen atoms in total. The van der Waals surface area contributed by atoms with Crippen molar-refractivity contribution in [2.75, 3.05) is 25.8 Å². The van der Waals surface area contributed by atoms with Gasteiger partial charge in [0.05, 0.1) is 36.6 Å². The first kappa shape index (κ1) is 31.6. The number of anilines is 1. The summed E-state index contributed by atoms with van der Waals surface area (Å²) in [4.78, 5) is 18.2. The fourth-order valence-corrected chi connectivity index (χ4v) is 6.23. The molecule has 2 aliphatic heterocycles. The molecule has 0 amide bonds. The van der Waals surface area contributed by atoms with E-state index in [1.54, 1.807) is 57.2 Å². The Labute approximate surface area is 283 Å². The first-order valence-corrected chi connectivity index (χ1v) is 15.9. The van der Waals surface area contributed by atoms with Gasteiger partial charge in [-0.3, -0.25) is 20.0 Å². The van der Waals surface area contributed by atoms with Crippen LogP contribution in [0.15, 0.2) is 115 Å². The highest BCUT2D eigenvalue weighted by atomic mass is 16.6. The van der Waals surface area contributed by atoms with Crippen LogP contribution in [0.4, 0.5) is 11.4 Å². The van der Waals surface area contributed by atoms with Crippen LogP contribution in [0.3, 0.4) is 0 Å². The highest BCUT2D eigenvalue weighted by Gasteiger charge is 2.32. The summed E-state index contributed by atoms with van der Waals surface area (Å²) in [6.07, 6.45) is 6.41. The molecule has 1 unspecified atom stereocenters. The van der Waals surface area contributed by atoms with Crippen LogP contribution in [-0.4, -0.2) is 53.2 Å². The molecule has 7 rings (SSSR count). The van der Waals surface area contributed by atoms with Gasteiger partial charge in [-0.25, -0.2) is 5.01 Å². The number of pyridine rings is 1. The zero-order valence-corrected chi connectivity index (χ0v) is 27.1. The molecule has 5 aromatic rings. The topological polar surface area (TPSA) is 118 Å². The molecule has 0 fully saturated rings. The van der Waals surface area contributed by atoms with Gasteiger partial charge in [0, 0.05) is 31.8 Å². The fourth-order valence-electron chi connectivity index (χ4n) is 6.23.